The van der Waals surface area contributed by atoms with E-state index >= 15 is 0 Å². The molecule has 0 spiro atoms. The Bertz CT molecular complexity index is 573. The Hall–Kier alpha value is -1.38. The normalized spacial score (nSPS) is 17.0. The summed E-state index contributed by atoms with van der Waals surface area (Å²) in [6, 6.07) is 0. The van der Waals surface area contributed by atoms with Gasteiger partial charge >= 0.3 is 15.5 Å². The number of halogens is 3. The molecule has 0 unspecified atom stereocenters. The number of ketones is 1. The second kappa shape index (κ2) is 3.56. The molecule has 0 saturated carbocycles. The van der Waals surface area contributed by atoms with E-state index in [1.807, 2.05) is 0 Å². The van der Waals surface area contributed by atoms with Crippen molar-refractivity contribution in [2.45, 2.75) is 24.8 Å². The average molecular weight is 268 g/mol. The van der Waals surface area contributed by atoms with Gasteiger partial charge in [0.05, 0.1) is 17.5 Å². The summed E-state index contributed by atoms with van der Waals surface area (Å²) in [6.45, 7) is 0. The Kier molecular flexibility index (Phi) is 2.53. The second-order valence-electron chi connectivity index (χ2n) is 3.58. The van der Waals surface area contributed by atoms with Gasteiger partial charge < -0.3 is 0 Å². The first-order valence-corrected chi connectivity index (χ1v) is 6.11. The monoisotopic (exact) mass is 268 g/mol. The third-order valence-electron chi connectivity index (χ3n) is 2.47. The van der Waals surface area contributed by atoms with Crippen molar-refractivity contribution < 1.29 is 26.4 Å². The third kappa shape index (κ3) is 1.74. The van der Waals surface area contributed by atoms with Crippen LogP contribution < -0.4 is 0 Å². The lowest BCUT2D eigenvalue weighted by molar-refractivity contribution is -0.0450. The van der Waals surface area contributed by atoms with Gasteiger partial charge in [-0.25, -0.2) is 0 Å². The van der Waals surface area contributed by atoms with Crippen LogP contribution in [-0.4, -0.2) is 28.9 Å². The molecule has 0 aliphatic heterocycles. The standard InChI is InChI=1S/C8H7F3N2O3S/c9-8(10,11)17(15,16)13-6-2-1-3-7(14)5(6)4-12-13/h4H,1-3H2. The van der Waals surface area contributed by atoms with Crippen LogP contribution in [0.25, 0.3) is 0 Å². The van der Waals surface area contributed by atoms with Gasteiger partial charge in [-0.3, -0.25) is 4.79 Å². The van der Waals surface area contributed by atoms with Gasteiger partial charge in [-0.05, 0) is 12.8 Å². The summed E-state index contributed by atoms with van der Waals surface area (Å²) in [5.41, 5.74) is -5.64. The molecule has 0 N–H and O–H groups in total. The molecule has 0 saturated heterocycles. The minimum Gasteiger partial charge on any atom is -0.294 e. The van der Waals surface area contributed by atoms with Gasteiger partial charge in [-0.15, -0.1) is 0 Å². The first-order chi connectivity index (χ1) is 7.75. The zero-order valence-electron chi connectivity index (χ0n) is 8.36. The minimum absolute atomic E-state index is 0.0379. The van der Waals surface area contributed by atoms with E-state index in [1.165, 1.54) is 0 Å². The summed E-state index contributed by atoms with van der Waals surface area (Å²) >= 11 is 0. The summed E-state index contributed by atoms with van der Waals surface area (Å²) in [7, 11) is -5.54. The van der Waals surface area contributed by atoms with Gasteiger partial charge in [0.25, 0.3) is 0 Å². The number of nitrogens with zero attached hydrogens (tertiary/aromatic N) is 2. The van der Waals surface area contributed by atoms with Gasteiger partial charge in [0, 0.05) is 6.42 Å². The number of hydrogen-bond donors (Lipinski definition) is 0. The van der Waals surface area contributed by atoms with Crippen molar-refractivity contribution in [3.05, 3.63) is 17.5 Å². The highest BCUT2D eigenvalue weighted by Gasteiger charge is 2.49. The number of Topliss-reactive ketones (excluding diaryl/α,β-unsaturated/α-hetero) is 1. The summed E-state index contributed by atoms with van der Waals surface area (Å²) < 4.78 is 59.2. The van der Waals surface area contributed by atoms with Crippen molar-refractivity contribution >= 4 is 15.8 Å². The van der Waals surface area contributed by atoms with Crippen molar-refractivity contribution in [2.24, 2.45) is 0 Å². The quantitative estimate of drug-likeness (QED) is 0.764. The fraction of sp³-hybridized carbons (Fsp3) is 0.500. The van der Waals surface area contributed by atoms with Crippen LogP contribution in [-0.2, 0) is 16.4 Å². The van der Waals surface area contributed by atoms with Gasteiger partial charge in [0.2, 0.25) is 0 Å². The van der Waals surface area contributed by atoms with Crippen LogP contribution in [0.15, 0.2) is 6.20 Å². The summed E-state index contributed by atoms with van der Waals surface area (Å²) in [5, 5.41) is 3.17. The van der Waals surface area contributed by atoms with Crippen LogP contribution >= 0.6 is 0 Å². The average Bonchev–Trinajstić information content (AvgIpc) is 2.61. The predicted octanol–water partition coefficient (Wildman–Crippen LogP) is 1.10. The molecule has 5 nitrogen and oxygen atoms in total. The zero-order valence-corrected chi connectivity index (χ0v) is 9.18. The van der Waals surface area contributed by atoms with E-state index in [2.05, 4.69) is 5.10 Å². The zero-order chi connectivity index (χ0) is 12.8. The molecule has 0 bridgehead atoms. The van der Waals surface area contributed by atoms with E-state index in [1.54, 1.807) is 0 Å². The lowest BCUT2D eigenvalue weighted by Crippen LogP contribution is -2.32. The molecule has 17 heavy (non-hydrogen) atoms. The molecule has 1 heterocycles. The Morgan fingerprint density at radius 3 is 2.53 bits per heavy atom. The Balaban J connectivity index is 2.60. The maximum absolute atomic E-state index is 12.3. The first kappa shape index (κ1) is 12.1. The van der Waals surface area contributed by atoms with Crippen LogP contribution in [0.1, 0.15) is 28.9 Å². The van der Waals surface area contributed by atoms with Crippen LogP contribution in [0.4, 0.5) is 13.2 Å². The maximum Gasteiger partial charge on any atom is 0.518 e. The molecule has 9 heteroatoms. The van der Waals surface area contributed by atoms with E-state index in [0.717, 1.165) is 6.20 Å². The number of carbonyl (C=O) groups excluding carboxylic acids is 1. The Morgan fingerprint density at radius 2 is 1.94 bits per heavy atom. The molecule has 1 aliphatic carbocycles. The highest BCUT2D eigenvalue weighted by Crippen LogP contribution is 2.29. The summed E-state index contributed by atoms with van der Waals surface area (Å²) in [5.74, 6) is -0.380. The molecule has 0 fully saturated rings. The molecular weight excluding hydrogens is 261 g/mol. The summed E-state index contributed by atoms with van der Waals surface area (Å²) in [4.78, 5) is 11.3. The molecule has 1 aromatic heterocycles. The lowest BCUT2D eigenvalue weighted by atomic mass is 9.97. The smallest absolute Gasteiger partial charge is 0.294 e. The van der Waals surface area contributed by atoms with Gasteiger partial charge in [0.15, 0.2) is 5.78 Å². The number of hydrogen-bond acceptors (Lipinski definition) is 4. The van der Waals surface area contributed by atoms with Crippen LogP contribution in [0.3, 0.4) is 0 Å². The topological polar surface area (TPSA) is 69.0 Å². The van der Waals surface area contributed by atoms with E-state index < -0.39 is 15.5 Å². The van der Waals surface area contributed by atoms with Crippen LogP contribution in [0.5, 0.6) is 0 Å². The molecule has 1 aromatic rings. The maximum atomic E-state index is 12.3. The van der Waals surface area contributed by atoms with Crippen molar-refractivity contribution in [3.8, 4) is 0 Å². The first-order valence-electron chi connectivity index (χ1n) is 4.67. The van der Waals surface area contributed by atoms with Crippen LogP contribution in [0, 0.1) is 0 Å². The molecule has 94 valence electrons. The predicted molar refractivity (Wildman–Crippen MR) is 49.9 cm³/mol. The van der Waals surface area contributed by atoms with Gasteiger partial charge in [-0.1, -0.05) is 0 Å². The van der Waals surface area contributed by atoms with E-state index in [9.17, 15) is 26.4 Å². The number of carbonyl (C=O) groups is 1. The minimum atomic E-state index is -5.54. The molecule has 0 radical (unpaired) electrons. The van der Waals surface area contributed by atoms with E-state index in [4.69, 9.17) is 0 Å². The highest BCUT2D eigenvalue weighted by atomic mass is 32.2. The molecule has 1 aliphatic rings. The summed E-state index contributed by atoms with van der Waals surface area (Å²) in [6.07, 6.45) is 1.49. The number of alkyl halides is 3. The third-order valence-corrected chi connectivity index (χ3v) is 3.83. The Morgan fingerprint density at radius 1 is 1.29 bits per heavy atom. The van der Waals surface area contributed by atoms with Crippen molar-refractivity contribution in [2.75, 3.05) is 0 Å². The molecule has 0 amide bonds. The van der Waals surface area contributed by atoms with Gasteiger partial charge in [-0.2, -0.15) is 30.8 Å². The number of fused-ring (bicyclic) bond motifs is 1. The Labute approximate surface area is 94.3 Å². The van der Waals surface area contributed by atoms with E-state index in [-0.39, 0.29) is 34.0 Å². The molecular formula is C8H7F3N2O3S. The van der Waals surface area contributed by atoms with Crippen molar-refractivity contribution in [3.63, 3.8) is 0 Å². The second-order valence-corrected chi connectivity index (χ2v) is 5.33. The van der Waals surface area contributed by atoms with Crippen molar-refractivity contribution in [1.82, 2.24) is 9.19 Å². The van der Waals surface area contributed by atoms with Gasteiger partial charge in [0.1, 0.15) is 0 Å². The van der Waals surface area contributed by atoms with E-state index in [0.29, 0.717) is 6.42 Å². The molecule has 0 atom stereocenters. The molecule has 0 aromatic carbocycles. The fourth-order valence-corrected chi connectivity index (χ4v) is 2.52. The lowest BCUT2D eigenvalue weighted by Gasteiger charge is -2.14. The largest absolute Gasteiger partial charge is 0.518 e. The number of rotatable bonds is 1. The number of aromatic nitrogens is 2. The highest BCUT2D eigenvalue weighted by molar-refractivity contribution is 7.90. The molecule has 2 rings (SSSR count). The fourth-order valence-electron chi connectivity index (χ4n) is 1.68. The van der Waals surface area contributed by atoms with Crippen molar-refractivity contribution in [1.29, 1.82) is 0 Å². The van der Waals surface area contributed by atoms with Crippen LogP contribution in [0.2, 0.25) is 0 Å². The SMILES string of the molecule is O=C1CCCc2c1cnn2S(=O)(=O)C(F)(F)F.